The molecule has 0 unspecified atom stereocenters. The third-order valence-corrected chi connectivity index (χ3v) is 5.39. The molecule has 0 fully saturated rings. The molecule has 0 aliphatic carbocycles. The molecule has 2 heteroatoms. The highest BCUT2D eigenvalue weighted by Gasteiger charge is 2.26. The molecule has 0 aromatic heterocycles. The van der Waals surface area contributed by atoms with Crippen molar-refractivity contribution in [3.63, 3.8) is 0 Å². The van der Waals surface area contributed by atoms with Crippen molar-refractivity contribution in [2.45, 2.75) is 136 Å². The highest BCUT2D eigenvalue weighted by atomic mass is 16.7. The van der Waals surface area contributed by atoms with Gasteiger partial charge in [-0.25, -0.2) is 0 Å². The summed E-state index contributed by atoms with van der Waals surface area (Å²) >= 11 is 0. The first kappa shape index (κ1) is 23.4. The summed E-state index contributed by atoms with van der Waals surface area (Å²) in [7, 11) is 0. The van der Waals surface area contributed by atoms with Gasteiger partial charge >= 0.3 is 5.95 Å². The fraction of sp³-hybridized carbons (Fsp3) is 0.917. The molecule has 154 valence electrons. The molecule has 0 saturated heterocycles. The van der Waals surface area contributed by atoms with Crippen LogP contribution >= 0.6 is 0 Å². The lowest BCUT2D eigenvalue weighted by Gasteiger charge is -2.01. The van der Waals surface area contributed by atoms with E-state index in [4.69, 9.17) is 9.47 Å². The lowest BCUT2D eigenvalue weighted by molar-refractivity contribution is 0.148. The second-order valence-electron chi connectivity index (χ2n) is 8.07. The Morgan fingerprint density at radius 2 is 0.962 bits per heavy atom. The van der Waals surface area contributed by atoms with Gasteiger partial charge in [0.15, 0.2) is 5.76 Å². The summed E-state index contributed by atoms with van der Waals surface area (Å²) in [5.74, 6) is 1.98. The van der Waals surface area contributed by atoms with Crippen LogP contribution in [0.15, 0.2) is 11.7 Å². The maximum absolute atomic E-state index is 5.71. The van der Waals surface area contributed by atoms with E-state index in [-0.39, 0.29) is 0 Å². The number of allylic oxidation sites excluding steroid dienone is 1. The van der Waals surface area contributed by atoms with E-state index >= 15 is 0 Å². The summed E-state index contributed by atoms with van der Waals surface area (Å²) in [5, 5.41) is 0. The molecule has 1 aliphatic rings. The molecule has 0 aromatic carbocycles. The Hall–Kier alpha value is -0.660. The van der Waals surface area contributed by atoms with Gasteiger partial charge in [-0.3, -0.25) is 0 Å². The SMILES string of the molecule is CCCCCCCCCCCCC1=C(OCCCCCCCCCC)O1. The smallest absolute Gasteiger partial charge is 0.325 e. The van der Waals surface area contributed by atoms with E-state index in [2.05, 4.69) is 13.8 Å². The summed E-state index contributed by atoms with van der Waals surface area (Å²) in [6.45, 7) is 5.40. The first-order valence-electron chi connectivity index (χ1n) is 11.9. The molecular weight excluding hydrogens is 320 g/mol. The molecule has 26 heavy (non-hydrogen) atoms. The number of hydrogen-bond donors (Lipinski definition) is 0. The van der Waals surface area contributed by atoms with Gasteiger partial charge in [0.2, 0.25) is 0 Å². The Morgan fingerprint density at radius 3 is 1.46 bits per heavy atom. The van der Waals surface area contributed by atoms with Crippen molar-refractivity contribution in [1.29, 1.82) is 0 Å². The fourth-order valence-corrected chi connectivity index (χ4v) is 3.52. The Labute approximate surface area is 164 Å². The first-order valence-corrected chi connectivity index (χ1v) is 11.9. The van der Waals surface area contributed by atoms with Crippen molar-refractivity contribution in [3.8, 4) is 0 Å². The van der Waals surface area contributed by atoms with Crippen molar-refractivity contribution in [2.75, 3.05) is 6.61 Å². The summed E-state index contributed by atoms with van der Waals surface area (Å²) < 4.78 is 11.2. The van der Waals surface area contributed by atoms with Crippen molar-refractivity contribution in [1.82, 2.24) is 0 Å². The molecule has 1 heterocycles. The predicted octanol–water partition coefficient (Wildman–Crippen LogP) is 8.65. The Bertz CT molecular complexity index is 335. The van der Waals surface area contributed by atoms with Crippen LogP contribution in [0.3, 0.4) is 0 Å². The minimum absolute atomic E-state index is 0.839. The lowest BCUT2D eigenvalue weighted by atomic mass is 10.1. The molecule has 1 aliphatic heterocycles. The zero-order chi connectivity index (χ0) is 18.7. The Balaban J connectivity index is 1.76. The van der Waals surface area contributed by atoms with Crippen molar-refractivity contribution < 1.29 is 9.47 Å². The van der Waals surface area contributed by atoms with Gasteiger partial charge < -0.3 is 9.47 Å². The highest BCUT2D eigenvalue weighted by Crippen LogP contribution is 2.32. The number of unbranched alkanes of at least 4 members (excludes halogenated alkanes) is 16. The molecule has 2 nitrogen and oxygen atoms in total. The van der Waals surface area contributed by atoms with Gasteiger partial charge in [-0.2, -0.15) is 0 Å². The molecular formula is C24H46O2. The van der Waals surface area contributed by atoms with Crippen molar-refractivity contribution >= 4 is 0 Å². The topological polar surface area (TPSA) is 21.8 Å². The normalized spacial score (nSPS) is 13.2. The van der Waals surface area contributed by atoms with E-state index in [1.807, 2.05) is 0 Å². The Morgan fingerprint density at radius 1 is 0.538 bits per heavy atom. The third kappa shape index (κ3) is 14.5. The molecule has 0 N–H and O–H groups in total. The van der Waals surface area contributed by atoms with Gasteiger partial charge in [0.05, 0.1) is 6.61 Å². The van der Waals surface area contributed by atoms with Gasteiger partial charge in [-0.15, -0.1) is 0 Å². The second kappa shape index (κ2) is 17.7. The van der Waals surface area contributed by atoms with E-state index < -0.39 is 0 Å². The quantitative estimate of drug-likeness (QED) is 0.189. The average molecular weight is 367 g/mol. The van der Waals surface area contributed by atoms with E-state index in [0.29, 0.717) is 0 Å². The summed E-state index contributed by atoms with van der Waals surface area (Å²) in [4.78, 5) is 0. The average Bonchev–Trinajstić information content (AvgIpc) is 3.40. The van der Waals surface area contributed by atoms with Crippen molar-refractivity contribution in [3.05, 3.63) is 11.7 Å². The van der Waals surface area contributed by atoms with Crippen molar-refractivity contribution in [2.24, 2.45) is 0 Å². The van der Waals surface area contributed by atoms with E-state index in [1.54, 1.807) is 0 Å². The van der Waals surface area contributed by atoms with Crippen LogP contribution in [0.25, 0.3) is 0 Å². The number of ether oxygens (including phenoxy) is 2. The number of rotatable bonds is 21. The molecule has 0 spiro atoms. The van der Waals surface area contributed by atoms with Crippen LogP contribution in [-0.2, 0) is 9.47 Å². The molecule has 0 aromatic rings. The fourth-order valence-electron chi connectivity index (χ4n) is 3.52. The van der Waals surface area contributed by atoms with Crippen LogP contribution in [0, 0.1) is 0 Å². The zero-order valence-electron chi connectivity index (χ0n) is 18.0. The van der Waals surface area contributed by atoms with Gasteiger partial charge in [0.1, 0.15) is 0 Å². The summed E-state index contributed by atoms with van der Waals surface area (Å²) in [5.41, 5.74) is 0. The van der Waals surface area contributed by atoms with E-state index in [1.165, 1.54) is 116 Å². The molecule has 0 atom stereocenters. The zero-order valence-corrected chi connectivity index (χ0v) is 18.0. The van der Waals surface area contributed by atoms with E-state index in [9.17, 15) is 0 Å². The maximum atomic E-state index is 5.71. The van der Waals surface area contributed by atoms with Gasteiger partial charge in [0.25, 0.3) is 0 Å². The van der Waals surface area contributed by atoms with Crippen LogP contribution in [0.5, 0.6) is 0 Å². The molecule has 0 amide bonds. The van der Waals surface area contributed by atoms with Crippen LogP contribution in [0.2, 0.25) is 0 Å². The molecule has 0 bridgehead atoms. The lowest BCUT2D eigenvalue weighted by Crippen LogP contribution is -1.89. The molecule has 0 radical (unpaired) electrons. The van der Waals surface area contributed by atoms with Gasteiger partial charge in [0, 0.05) is 6.42 Å². The van der Waals surface area contributed by atoms with Crippen LogP contribution in [0.1, 0.15) is 136 Å². The predicted molar refractivity (Wildman–Crippen MR) is 113 cm³/mol. The first-order chi connectivity index (χ1) is 12.9. The number of hydrogen-bond acceptors (Lipinski definition) is 2. The summed E-state index contributed by atoms with van der Waals surface area (Å²) in [6, 6.07) is 0. The standard InChI is InChI=1S/C24H46O2/c1-3-5-7-9-11-13-14-15-17-19-21-23-24(26-23)25-22-20-18-16-12-10-8-6-4-2/h3-22H2,1-2H3. The van der Waals surface area contributed by atoms with Gasteiger partial charge in [-0.1, -0.05) is 117 Å². The van der Waals surface area contributed by atoms with Gasteiger partial charge in [-0.05, 0) is 12.8 Å². The minimum Gasteiger partial charge on any atom is -0.463 e. The summed E-state index contributed by atoms with van der Waals surface area (Å²) in [6.07, 6.45) is 25.8. The van der Waals surface area contributed by atoms with Crippen LogP contribution < -0.4 is 0 Å². The largest absolute Gasteiger partial charge is 0.463 e. The van der Waals surface area contributed by atoms with Crippen LogP contribution in [0.4, 0.5) is 0 Å². The molecule has 0 saturated carbocycles. The third-order valence-electron chi connectivity index (χ3n) is 5.39. The molecule has 1 rings (SSSR count). The van der Waals surface area contributed by atoms with E-state index in [0.717, 1.165) is 24.7 Å². The monoisotopic (exact) mass is 366 g/mol. The second-order valence-corrected chi connectivity index (χ2v) is 8.07. The maximum Gasteiger partial charge on any atom is 0.325 e. The minimum atomic E-state index is 0.839. The van der Waals surface area contributed by atoms with Crippen LogP contribution in [-0.4, -0.2) is 6.61 Å². The highest BCUT2D eigenvalue weighted by molar-refractivity contribution is 5.10. The Kier molecular flexibility index (Phi) is 16.0.